The lowest BCUT2D eigenvalue weighted by molar-refractivity contribution is -0.167. The third kappa shape index (κ3) is 5.50. The van der Waals surface area contributed by atoms with Crippen LogP contribution < -0.4 is 10.2 Å². The number of sulfonamides is 1. The Morgan fingerprint density at radius 2 is 2.03 bits per heavy atom. The van der Waals surface area contributed by atoms with Gasteiger partial charge in [0, 0.05) is 6.54 Å². The van der Waals surface area contributed by atoms with Crippen LogP contribution >= 0.6 is 0 Å². The molecule has 10 heteroatoms. The third-order valence-electron chi connectivity index (χ3n) is 4.64. The Kier molecular flexibility index (Phi) is 7.85. The van der Waals surface area contributed by atoms with E-state index in [-0.39, 0.29) is 18.0 Å². The van der Waals surface area contributed by atoms with E-state index in [4.69, 9.17) is 14.7 Å². The van der Waals surface area contributed by atoms with Gasteiger partial charge in [-0.1, -0.05) is 18.8 Å². The smallest absolute Gasteiger partial charge is 0.264 e. The topological polar surface area (TPSA) is 125 Å². The number of hydroxylamine groups is 1. The van der Waals surface area contributed by atoms with Crippen LogP contribution in [0.15, 0.2) is 29.2 Å². The second-order valence-electron chi connectivity index (χ2n) is 7.49. The summed E-state index contributed by atoms with van der Waals surface area (Å²) in [5, 5.41) is 18.5. The monoisotopic (exact) mass is 440 g/mol. The number of morpholine rings is 1. The molecule has 0 bridgehead atoms. The van der Waals surface area contributed by atoms with Gasteiger partial charge in [-0.3, -0.25) is 10.0 Å². The number of carbonyl (C=O) groups excluding carboxylic acids is 1. The van der Waals surface area contributed by atoms with Gasteiger partial charge in [0.15, 0.2) is 0 Å². The first-order valence-corrected chi connectivity index (χ1v) is 11.0. The molecule has 2 rings (SSSR count). The molecule has 1 aromatic rings. The molecule has 1 aromatic carbocycles. The number of hydrogen-bond donors (Lipinski definition) is 3. The summed E-state index contributed by atoms with van der Waals surface area (Å²) in [5.41, 5.74) is 0.382. The van der Waals surface area contributed by atoms with Crippen LogP contribution in [-0.2, 0) is 19.6 Å². The molecule has 0 aromatic heterocycles. The molecule has 0 saturated carbocycles. The van der Waals surface area contributed by atoms with E-state index in [1.165, 1.54) is 29.7 Å². The summed E-state index contributed by atoms with van der Waals surface area (Å²) in [5.74, 6) is 4.85. The summed E-state index contributed by atoms with van der Waals surface area (Å²) in [6.07, 6.45) is -0.631. The van der Waals surface area contributed by atoms with Gasteiger partial charge in [0.2, 0.25) is 10.0 Å². The standard InChI is InChI=1S/C20H28N2O7S/c1-5-15(23)7-6-12-28-16-8-10-17(11-9-16)30(26,27)22-13-14(2)29-20(3,4)18(22)19(24)21-25/h8-11,14-15,18,23,25H,5,12-13H2,1-4H3,(H,21,24). The van der Waals surface area contributed by atoms with Gasteiger partial charge < -0.3 is 14.6 Å². The lowest BCUT2D eigenvalue weighted by Gasteiger charge is -2.46. The number of nitrogens with one attached hydrogen (secondary N) is 1. The fraction of sp³-hybridized carbons (Fsp3) is 0.550. The van der Waals surface area contributed by atoms with Gasteiger partial charge in [-0.25, -0.2) is 13.9 Å². The number of aliphatic hydroxyl groups is 1. The number of carbonyl (C=O) groups is 1. The van der Waals surface area contributed by atoms with Gasteiger partial charge in [-0.05, 0) is 51.5 Å². The minimum Gasteiger partial charge on any atom is -0.481 e. The Hall–Kier alpha value is -2.16. The lowest BCUT2D eigenvalue weighted by Crippen LogP contribution is -2.65. The molecule has 1 saturated heterocycles. The Morgan fingerprint density at radius 1 is 1.40 bits per heavy atom. The molecule has 1 aliphatic rings. The maximum atomic E-state index is 13.2. The molecule has 1 amide bonds. The number of hydrogen-bond acceptors (Lipinski definition) is 7. The maximum Gasteiger partial charge on any atom is 0.264 e. The summed E-state index contributed by atoms with van der Waals surface area (Å²) in [7, 11) is -4.06. The van der Waals surface area contributed by atoms with Crippen molar-refractivity contribution in [3.05, 3.63) is 24.3 Å². The Balaban J connectivity index is 2.24. The van der Waals surface area contributed by atoms with E-state index in [1.54, 1.807) is 20.8 Å². The summed E-state index contributed by atoms with van der Waals surface area (Å²) < 4.78 is 38.7. The summed E-state index contributed by atoms with van der Waals surface area (Å²) in [4.78, 5) is 12.2. The van der Waals surface area contributed by atoms with Crippen LogP contribution in [0.5, 0.6) is 5.75 Å². The molecule has 3 atom stereocenters. The summed E-state index contributed by atoms with van der Waals surface area (Å²) >= 11 is 0. The normalized spacial score (nSPS) is 22.5. The van der Waals surface area contributed by atoms with Crippen molar-refractivity contribution in [2.45, 2.75) is 62.9 Å². The average Bonchev–Trinajstić information content (AvgIpc) is 2.69. The highest BCUT2D eigenvalue weighted by Crippen LogP contribution is 2.33. The molecule has 166 valence electrons. The summed E-state index contributed by atoms with van der Waals surface area (Å²) in [6.45, 7) is 6.72. The maximum absolute atomic E-state index is 13.2. The van der Waals surface area contributed by atoms with Crippen molar-refractivity contribution in [2.75, 3.05) is 13.2 Å². The Morgan fingerprint density at radius 3 is 2.60 bits per heavy atom. The van der Waals surface area contributed by atoms with Crippen molar-refractivity contribution < 1.29 is 33.0 Å². The minimum absolute atomic E-state index is 0.0250. The van der Waals surface area contributed by atoms with E-state index in [0.717, 1.165) is 4.31 Å². The van der Waals surface area contributed by atoms with Crippen LogP contribution in [0.25, 0.3) is 0 Å². The highest BCUT2D eigenvalue weighted by Gasteiger charge is 2.50. The number of amides is 1. The first-order valence-electron chi connectivity index (χ1n) is 9.55. The Bertz CT molecular complexity index is 903. The molecule has 0 spiro atoms. The van der Waals surface area contributed by atoms with Gasteiger partial charge in [-0.15, -0.1) is 0 Å². The summed E-state index contributed by atoms with van der Waals surface area (Å²) in [6, 6.07) is 4.47. The minimum atomic E-state index is -4.06. The number of rotatable bonds is 6. The predicted octanol–water partition coefficient (Wildman–Crippen LogP) is 0.902. The van der Waals surface area contributed by atoms with Crippen molar-refractivity contribution >= 4 is 15.9 Å². The number of ether oxygens (including phenoxy) is 2. The van der Waals surface area contributed by atoms with Gasteiger partial charge >= 0.3 is 0 Å². The van der Waals surface area contributed by atoms with Gasteiger partial charge in [0.1, 0.15) is 24.5 Å². The van der Waals surface area contributed by atoms with E-state index >= 15 is 0 Å². The van der Waals surface area contributed by atoms with Crippen LogP contribution in [0.3, 0.4) is 0 Å². The quantitative estimate of drug-likeness (QED) is 0.341. The second kappa shape index (κ2) is 9.76. The SMILES string of the molecule is CCC(O)C#CCOc1ccc(S(=O)(=O)N2CC(C)OC(C)(C)C2C(=O)NO)cc1. The van der Waals surface area contributed by atoms with Gasteiger partial charge in [-0.2, -0.15) is 4.31 Å². The fourth-order valence-electron chi connectivity index (χ4n) is 3.29. The first-order chi connectivity index (χ1) is 14.0. The van der Waals surface area contributed by atoms with Crippen molar-refractivity contribution in [3.8, 4) is 17.6 Å². The first kappa shape index (κ1) is 24.1. The number of benzene rings is 1. The molecular weight excluding hydrogens is 412 g/mol. The van der Waals surface area contributed by atoms with Gasteiger partial charge in [0.05, 0.1) is 16.6 Å². The van der Waals surface area contributed by atoms with Gasteiger partial charge in [0.25, 0.3) is 5.91 Å². The lowest BCUT2D eigenvalue weighted by atomic mass is 9.95. The zero-order chi connectivity index (χ0) is 22.5. The van der Waals surface area contributed by atoms with E-state index in [9.17, 15) is 18.3 Å². The third-order valence-corrected chi connectivity index (χ3v) is 6.49. The number of aliphatic hydroxyl groups excluding tert-OH is 1. The molecular formula is C20H28N2O7S. The van der Waals surface area contributed by atoms with Crippen LogP contribution in [-0.4, -0.2) is 65.9 Å². The molecule has 9 nitrogen and oxygen atoms in total. The highest BCUT2D eigenvalue weighted by atomic mass is 32.2. The van der Waals surface area contributed by atoms with Crippen molar-refractivity contribution in [1.82, 2.24) is 9.79 Å². The zero-order valence-electron chi connectivity index (χ0n) is 17.5. The fourth-order valence-corrected chi connectivity index (χ4v) is 5.08. The zero-order valence-corrected chi connectivity index (χ0v) is 18.3. The molecule has 30 heavy (non-hydrogen) atoms. The molecule has 0 aliphatic carbocycles. The number of nitrogens with zero attached hydrogens (tertiary/aromatic N) is 1. The molecule has 1 heterocycles. The molecule has 3 unspecified atom stereocenters. The largest absolute Gasteiger partial charge is 0.481 e. The molecule has 1 fully saturated rings. The van der Waals surface area contributed by atoms with Crippen LogP contribution in [0.4, 0.5) is 0 Å². The highest BCUT2D eigenvalue weighted by molar-refractivity contribution is 7.89. The average molecular weight is 441 g/mol. The molecule has 0 radical (unpaired) electrons. The predicted molar refractivity (Wildman–Crippen MR) is 108 cm³/mol. The van der Waals surface area contributed by atoms with Crippen molar-refractivity contribution in [1.29, 1.82) is 0 Å². The van der Waals surface area contributed by atoms with Crippen LogP contribution in [0.2, 0.25) is 0 Å². The van der Waals surface area contributed by atoms with Crippen LogP contribution in [0, 0.1) is 11.8 Å². The van der Waals surface area contributed by atoms with Crippen LogP contribution in [0.1, 0.15) is 34.1 Å². The molecule has 1 aliphatic heterocycles. The molecule has 3 N–H and O–H groups in total. The van der Waals surface area contributed by atoms with E-state index in [2.05, 4.69) is 11.8 Å². The van der Waals surface area contributed by atoms with Crippen molar-refractivity contribution in [2.24, 2.45) is 0 Å². The van der Waals surface area contributed by atoms with Crippen molar-refractivity contribution in [3.63, 3.8) is 0 Å². The van der Waals surface area contributed by atoms with E-state index in [0.29, 0.717) is 12.2 Å². The van der Waals surface area contributed by atoms with E-state index < -0.39 is 39.8 Å². The van der Waals surface area contributed by atoms with E-state index in [1.807, 2.05) is 6.92 Å². The second-order valence-corrected chi connectivity index (χ2v) is 9.38. The Labute approximate surface area is 177 Å².